The van der Waals surface area contributed by atoms with E-state index >= 15 is 0 Å². The summed E-state index contributed by atoms with van der Waals surface area (Å²) in [6, 6.07) is 0. The van der Waals surface area contributed by atoms with Gasteiger partial charge in [0.25, 0.3) is 0 Å². The van der Waals surface area contributed by atoms with Gasteiger partial charge in [0, 0.05) is 18.3 Å². The summed E-state index contributed by atoms with van der Waals surface area (Å²) < 4.78 is 1.71. The van der Waals surface area contributed by atoms with Gasteiger partial charge in [0.15, 0.2) is 5.78 Å². The molecule has 0 saturated heterocycles. The molecule has 1 aliphatic carbocycles. The number of aliphatic hydroxyl groups excluding tert-OH is 1. The summed E-state index contributed by atoms with van der Waals surface area (Å²) in [6.45, 7) is 0. The first-order valence-corrected chi connectivity index (χ1v) is 4.13. The van der Waals surface area contributed by atoms with E-state index in [0.29, 0.717) is 17.6 Å². The fourth-order valence-corrected chi connectivity index (χ4v) is 1.61. The van der Waals surface area contributed by atoms with Gasteiger partial charge >= 0.3 is 0 Å². The molecule has 0 saturated carbocycles. The summed E-state index contributed by atoms with van der Waals surface area (Å²) in [6.07, 6.45) is 3.82. The maximum atomic E-state index is 11.6. The highest BCUT2D eigenvalue weighted by Crippen LogP contribution is 2.23. The molecule has 0 aromatic carbocycles. The molecule has 0 aliphatic heterocycles. The maximum absolute atomic E-state index is 11.6. The van der Waals surface area contributed by atoms with Gasteiger partial charge in [-0.25, -0.2) is 0 Å². The number of rotatable bonds is 0. The number of aromatic nitrogens is 2. The molecule has 0 unspecified atom stereocenters. The number of nitrogens with zero attached hydrogens (tertiary/aromatic N) is 2. The van der Waals surface area contributed by atoms with Gasteiger partial charge in [-0.05, 0) is 12.8 Å². The SMILES string of the molecule is Cn1ncc2c1CC/C(=C/O)C2=O. The molecule has 0 atom stereocenters. The van der Waals surface area contributed by atoms with Gasteiger partial charge in [-0.1, -0.05) is 0 Å². The first-order chi connectivity index (χ1) is 6.24. The van der Waals surface area contributed by atoms with Crippen LogP contribution in [0.3, 0.4) is 0 Å². The molecule has 13 heavy (non-hydrogen) atoms. The summed E-state index contributed by atoms with van der Waals surface area (Å²) >= 11 is 0. The zero-order chi connectivity index (χ0) is 9.42. The molecule has 1 heterocycles. The van der Waals surface area contributed by atoms with E-state index < -0.39 is 0 Å². The van der Waals surface area contributed by atoms with E-state index in [2.05, 4.69) is 5.10 Å². The fraction of sp³-hybridized carbons (Fsp3) is 0.333. The van der Waals surface area contributed by atoms with Crippen molar-refractivity contribution in [1.29, 1.82) is 0 Å². The van der Waals surface area contributed by atoms with Crippen LogP contribution >= 0.6 is 0 Å². The Kier molecular flexibility index (Phi) is 1.69. The van der Waals surface area contributed by atoms with Gasteiger partial charge in [-0.15, -0.1) is 0 Å². The standard InChI is InChI=1S/C9H10N2O2/c1-11-8-3-2-6(5-12)9(13)7(8)4-10-11/h4-5,12H,2-3H2,1H3/b6-5-. The molecule has 4 heteroatoms. The average Bonchev–Trinajstić information content (AvgIpc) is 2.50. The van der Waals surface area contributed by atoms with Crippen LogP contribution < -0.4 is 0 Å². The van der Waals surface area contributed by atoms with Crippen molar-refractivity contribution in [2.75, 3.05) is 0 Å². The second-order valence-corrected chi connectivity index (χ2v) is 3.11. The van der Waals surface area contributed by atoms with E-state index in [0.717, 1.165) is 18.4 Å². The highest BCUT2D eigenvalue weighted by atomic mass is 16.2. The molecular formula is C9H10N2O2. The maximum Gasteiger partial charge on any atom is 0.195 e. The number of carbonyl (C=O) groups excluding carboxylic acids is 1. The fourth-order valence-electron chi connectivity index (χ4n) is 1.61. The second-order valence-electron chi connectivity index (χ2n) is 3.11. The van der Waals surface area contributed by atoms with Crippen molar-refractivity contribution in [3.05, 3.63) is 29.3 Å². The van der Waals surface area contributed by atoms with E-state index in [9.17, 15) is 4.79 Å². The number of Topliss-reactive ketones (excluding diaryl/α,β-unsaturated/α-hetero) is 1. The number of allylic oxidation sites excluding steroid dienone is 1. The van der Waals surface area contributed by atoms with E-state index in [1.54, 1.807) is 10.9 Å². The summed E-state index contributed by atoms with van der Waals surface area (Å²) in [5.41, 5.74) is 2.05. The van der Waals surface area contributed by atoms with E-state index in [-0.39, 0.29) is 5.78 Å². The lowest BCUT2D eigenvalue weighted by Gasteiger charge is -2.12. The number of hydrogen-bond acceptors (Lipinski definition) is 3. The molecule has 1 aliphatic rings. The highest BCUT2D eigenvalue weighted by Gasteiger charge is 2.24. The third kappa shape index (κ3) is 1.06. The van der Waals surface area contributed by atoms with Gasteiger partial charge < -0.3 is 5.11 Å². The molecular weight excluding hydrogens is 168 g/mol. The van der Waals surface area contributed by atoms with Crippen LogP contribution in [-0.4, -0.2) is 20.7 Å². The minimum Gasteiger partial charge on any atom is -0.515 e. The average molecular weight is 178 g/mol. The van der Waals surface area contributed by atoms with Crippen LogP contribution in [0.15, 0.2) is 18.0 Å². The largest absolute Gasteiger partial charge is 0.515 e. The molecule has 2 rings (SSSR count). The normalized spacial score (nSPS) is 19.2. The Morgan fingerprint density at radius 2 is 2.38 bits per heavy atom. The van der Waals surface area contributed by atoms with Crippen LogP contribution in [0.25, 0.3) is 0 Å². The molecule has 1 N–H and O–H groups in total. The van der Waals surface area contributed by atoms with Crippen molar-refractivity contribution in [1.82, 2.24) is 9.78 Å². The molecule has 4 nitrogen and oxygen atoms in total. The zero-order valence-electron chi connectivity index (χ0n) is 7.32. The Balaban J connectivity index is 2.52. The van der Waals surface area contributed by atoms with Gasteiger partial charge in [0.1, 0.15) is 0 Å². The van der Waals surface area contributed by atoms with Gasteiger partial charge in [-0.3, -0.25) is 9.48 Å². The lowest BCUT2D eigenvalue weighted by atomic mass is 9.92. The summed E-state index contributed by atoms with van der Waals surface area (Å²) in [4.78, 5) is 11.6. The first-order valence-electron chi connectivity index (χ1n) is 4.13. The number of carbonyl (C=O) groups is 1. The minimum atomic E-state index is -0.100. The predicted molar refractivity (Wildman–Crippen MR) is 46.6 cm³/mol. The van der Waals surface area contributed by atoms with Crippen molar-refractivity contribution in [2.24, 2.45) is 7.05 Å². The van der Waals surface area contributed by atoms with Crippen molar-refractivity contribution in [2.45, 2.75) is 12.8 Å². The van der Waals surface area contributed by atoms with Crippen LogP contribution in [0.4, 0.5) is 0 Å². The Labute approximate surface area is 75.5 Å². The van der Waals surface area contributed by atoms with Gasteiger partial charge in [0.05, 0.1) is 18.0 Å². The number of hydrogen-bond donors (Lipinski definition) is 1. The van der Waals surface area contributed by atoms with Crippen molar-refractivity contribution in [3.8, 4) is 0 Å². The number of fused-ring (bicyclic) bond motifs is 1. The van der Waals surface area contributed by atoms with Crippen LogP contribution in [0, 0.1) is 0 Å². The number of ketones is 1. The van der Waals surface area contributed by atoms with Crippen molar-refractivity contribution in [3.63, 3.8) is 0 Å². The summed E-state index contributed by atoms with van der Waals surface area (Å²) in [5, 5.41) is 12.8. The molecule has 68 valence electrons. The lowest BCUT2D eigenvalue weighted by Crippen LogP contribution is -2.14. The van der Waals surface area contributed by atoms with E-state index in [1.165, 1.54) is 0 Å². The first kappa shape index (κ1) is 8.04. The quantitative estimate of drug-likeness (QED) is 0.476. The van der Waals surface area contributed by atoms with Crippen LogP contribution in [0.5, 0.6) is 0 Å². The molecule has 1 aromatic heterocycles. The Hall–Kier alpha value is -1.58. The Morgan fingerprint density at radius 3 is 3.08 bits per heavy atom. The molecule has 0 amide bonds. The van der Waals surface area contributed by atoms with Crippen LogP contribution in [0.2, 0.25) is 0 Å². The monoisotopic (exact) mass is 178 g/mol. The molecule has 0 fully saturated rings. The summed E-state index contributed by atoms with van der Waals surface area (Å²) in [5.74, 6) is -0.100. The molecule has 0 bridgehead atoms. The van der Waals surface area contributed by atoms with Crippen molar-refractivity contribution >= 4 is 5.78 Å². The Morgan fingerprint density at radius 1 is 1.62 bits per heavy atom. The highest BCUT2D eigenvalue weighted by molar-refractivity contribution is 6.10. The van der Waals surface area contributed by atoms with E-state index in [4.69, 9.17) is 5.11 Å². The number of aliphatic hydroxyl groups is 1. The lowest BCUT2D eigenvalue weighted by molar-refractivity contribution is 0.102. The van der Waals surface area contributed by atoms with Gasteiger partial charge in [0.2, 0.25) is 0 Å². The minimum absolute atomic E-state index is 0.100. The van der Waals surface area contributed by atoms with E-state index in [1.807, 2.05) is 7.05 Å². The van der Waals surface area contributed by atoms with Gasteiger partial charge in [-0.2, -0.15) is 5.10 Å². The van der Waals surface area contributed by atoms with Crippen molar-refractivity contribution < 1.29 is 9.90 Å². The zero-order valence-corrected chi connectivity index (χ0v) is 7.32. The molecule has 1 aromatic rings. The molecule has 0 radical (unpaired) electrons. The van der Waals surface area contributed by atoms with Crippen LogP contribution in [-0.2, 0) is 13.5 Å². The Bertz CT molecular complexity index is 390. The second kappa shape index (κ2) is 2.73. The third-order valence-electron chi connectivity index (χ3n) is 2.38. The third-order valence-corrected chi connectivity index (χ3v) is 2.38. The number of aryl methyl sites for hydroxylation is 1. The summed E-state index contributed by atoms with van der Waals surface area (Å²) in [7, 11) is 1.82. The molecule has 0 spiro atoms. The smallest absolute Gasteiger partial charge is 0.195 e. The predicted octanol–water partition coefficient (Wildman–Crippen LogP) is 0.991. The van der Waals surface area contributed by atoms with Crippen LogP contribution in [0.1, 0.15) is 22.5 Å². The topological polar surface area (TPSA) is 55.1 Å².